The molecule has 4 heteroatoms. The van der Waals surface area contributed by atoms with E-state index >= 15 is 0 Å². The molecule has 0 aliphatic rings. The summed E-state index contributed by atoms with van der Waals surface area (Å²) in [7, 11) is 0. The van der Waals surface area contributed by atoms with Crippen molar-refractivity contribution in [3.8, 4) is 6.07 Å². The molecule has 0 saturated heterocycles. The maximum Gasteiger partial charge on any atom is 0.139 e. The summed E-state index contributed by atoms with van der Waals surface area (Å²) in [5, 5.41) is 8.63. The van der Waals surface area contributed by atoms with Gasteiger partial charge in [0.15, 0.2) is 0 Å². The molecule has 0 bridgehead atoms. The highest BCUT2D eigenvalue weighted by atomic mass is 79.9. The van der Waals surface area contributed by atoms with E-state index in [0.29, 0.717) is 6.42 Å². The van der Waals surface area contributed by atoms with Crippen LogP contribution in [-0.2, 0) is 6.42 Å². The zero-order chi connectivity index (χ0) is 10.1. The summed E-state index contributed by atoms with van der Waals surface area (Å²) in [5.74, 6) is 0. The average Bonchev–Trinajstić information content (AvgIpc) is 2.49. The molecular weight excluding hydrogens is 242 g/mol. The first-order valence-electron chi connectivity index (χ1n) is 4.21. The third-order valence-corrected chi connectivity index (χ3v) is 2.53. The van der Waals surface area contributed by atoms with E-state index in [0.717, 1.165) is 21.4 Å². The van der Waals surface area contributed by atoms with Gasteiger partial charge in [0.25, 0.3) is 0 Å². The minimum atomic E-state index is 0.386. The Morgan fingerprint density at radius 3 is 3.14 bits per heavy atom. The quantitative estimate of drug-likeness (QED) is 0.780. The molecule has 0 amide bonds. The maximum absolute atomic E-state index is 8.63. The minimum Gasteiger partial charge on any atom is -0.302 e. The van der Waals surface area contributed by atoms with E-state index in [4.69, 9.17) is 5.26 Å². The lowest BCUT2D eigenvalue weighted by Gasteiger charge is -2.01. The van der Waals surface area contributed by atoms with Gasteiger partial charge in [0, 0.05) is 10.7 Å². The monoisotopic (exact) mass is 249 g/mol. The standard InChI is InChI=1S/C10H8BrN3/c1-7-4-8(11)6-14-9(2-3-12)5-13-10(7)14/h4-6H,2H2,1H3. The Balaban J connectivity index is 2.73. The molecule has 3 nitrogen and oxygen atoms in total. The van der Waals surface area contributed by atoms with Gasteiger partial charge in [-0.05, 0) is 34.5 Å². The van der Waals surface area contributed by atoms with Crippen molar-refractivity contribution in [2.45, 2.75) is 13.3 Å². The second kappa shape index (κ2) is 3.43. The van der Waals surface area contributed by atoms with Crippen molar-refractivity contribution in [2.24, 2.45) is 0 Å². The van der Waals surface area contributed by atoms with Crippen LogP contribution in [0, 0.1) is 18.3 Å². The van der Waals surface area contributed by atoms with Crippen molar-refractivity contribution in [1.82, 2.24) is 9.38 Å². The fraction of sp³-hybridized carbons (Fsp3) is 0.200. The molecule has 0 atom stereocenters. The summed E-state index contributed by atoms with van der Waals surface area (Å²) in [6.45, 7) is 2.00. The van der Waals surface area contributed by atoms with Gasteiger partial charge in [-0.3, -0.25) is 0 Å². The fourth-order valence-electron chi connectivity index (χ4n) is 1.48. The first kappa shape index (κ1) is 9.22. The van der Waals surface area contributed by atoms with E-state index in [1.807, 2.05) is 23.6 Å². The van der Waals surface area contributed by atoms with Crippen molar-refractivity contribution < 1.29 is 0 Å². The van der Waals surface area contributed by atoms with E-state index in [2.05, 4.69) is 27.0 Å². The Bertz CT molecular complexity index is 522. The van der Waals surface area contributed by atoms with Gasteiger partial charge in [-0.25, -0.2) is 4.98 Å². The molecule has 0 aliphatic heterocycles. The van der Waals surface area contributed by atoms with Crippen LogP contribution in [0.5, 0.6) is 0 Å². The van der Waals surface area contributed by atoms with E-state index in [1.54, 1.807) is 6.20 Å². The van der Waals surface area contributed by atoms with E-state index < -0.39 is 0 Å². The summed E-state index contributed by atoms with van der Waals surface area (Å²) >= 11 is 3.42. The van der Waals surface area contributed by atoms with Gasteiger partial charge in [-0.2, -0.15) is 5.26 Å². The number of hydrogen-bond acceptors (Lipinski definition) is 2. The second-order valence-electron chi connectivity index (χ2n) is 3.12. The van der Waals surface area contributed by atoms with Crippen molar-refractivity contribution in [1.29, 1.82) is 5.26 Å². The third-order valence-electron chi connectivity index (χ3n) is 2.09. The normalized spacial score (nSPS) is 10.4. The number of aryl methyl sites for hydroxylation is 1. The number of hydrogen-bond donors (Lipinski definition) is 0. The number of halogens is 1. The van der Waals surface area contributed by atoms with Crippen LogP contribution in [0.1, 0.15) is 11.3 Å². The smallest absolute Gasteiger partial charge is 0.139 e. The highest BCUT2D eigenvalue weighted by Gasteiger charge is 2.05. The van der Waals surface area contributed by atoms with Crippen LogP contribution in [0.25, 0.3) is 5.65 Å². The Morgan fingerprint density at radius 2 is 2.43 bits per heavy atom. The highest BCUT2D eigenvalue weighted by Crippen LogP contribution is 2.18. The predicted octanol–water partition coefficient (Wildman–Crippen LogP) is 2.47. The summed E-state index contributed by atoms with van der Waals surface area (Å²) in [5.41, 5.74) is 2.94. The Hall–Kier alpha value is -1.34. The van der Waals surface area contributed by atoms with Crippen LogP contribution in [0.2, 0.25) is 0 Å². The van der Waals surface area contributed by atoms with Crippen LogP contribution >= 0.6 is 15.9 Å². The number of nitrogens with zero attached hydrogens (tertiary/aromatic N) is 3. The summed E-state index contributed by atoms with van der Waals surface area (Å²) in [6, 6.07) is 4.14. The summed E-state index contributed by atoms with van der Waals surface area (Å²) < 4.78 is 2.95. The van der Waals surface area contributed by atoms with Gasteiger partial charge in [0.2, 0.25) is 0 Å². The molecule has 70 valence electrons. The second-order valence-corrected chi connectivity index (χ2v) is 4.04. The van der Waals surface area contributed by atoms with Crippen molar-refractivity contribution in [3.63, 3.8) is 0 Å². The molecule has 2 rings (SSSR count). The van der Waals surface area contributed by atoms with Crippen molar-refractivity contribution >= 4 is 21.6 Å². The van der Waals surface area contributed by atoms with E-state index in [9.17, 15) is 0 Å². The lowest BCUT2D eigenvalue weighted by Crippen LogP contribution is -1.93. The van der Waals surface area contributed by atoms with Gasteiger partial charge in [0.1, 0.15) is 5.65 Å². The molecule has 0 saturated carbocycles. The van der Waals surface area contributed by atoms with E-state index in [1.165, 1.54) is 0 Å². The molecule has 14 heavy (non-hydrogen) atoms. The maximum atomic E-state index is 8.63. The van der Waals surface area contributed by atoms with Gasteiger partial charge < -0.3 is 4.40 Å². The first-order chi connectivity index (χ1) is 6.72. The molecular formula is C10H8BrN3. The van der Waals surface area contributed by atoms with Crippen LogP contribution in [0.4, 0.5) is 0 Å². The lowest BCUT2D eigenvalue weighted by molar-refractivity contribution is 1.04. The topological polar surface area (TPSA) is 41.1 Å². The van der Waals surface area contributed by atoms with E-state index in [-0.39, 0.29) is 0 Å². The number of fused-ring (bicyclic) bond motifs is 1. The van der Waals surface area contributed by atoms with Gasteiger partial charge in [-0.1, -0.05) is 0 Å². The number of nitriles is 1. The molecule has 0 aromatic carbocycles. The molecule has 0 aliphatic carbocycles. The van der Waals surface area contributed by atoms with Crippen LogP contribution in [0.3, 0.4) is 0 Å². The molecule has 2 aromatic rings. The number of rotatable bonds is 1. The highest BCUT2D eigenvalue weighted by molar-refractivity contribution is 9.10. The zero-order valence-corrected chi connectivity index (χ0v) is 9.24. The fourth-order valence-corrected chi connectivity index (χ4v) is 2.02. The van der Waals surface area contributed by atoms with Crippen molar-refractivity contribution in [3.05, 3.63) is 34.2 Å². The first-order valence-corrected chi connectivity index (χ1v) is 5.00. The summed E-state index contributed by atoms with van der Waals surface area (Å²) in [4.78, 5) is 4.27. The average molecular weight is 250 g/mol. The third kappa shape index (κ3) is 1.40. The van der Waals surface area contributed by atoms with Gasteiger partial charge in [0.05, 0.1) is 24.4 Å². The lowest BCUT2D eigenvalue weighted by atomic mass is 10.3. The predicted molar refractivity (Wildman–Crippen MR) is 56.9 cm³/mol. The largest absolute Gasteiger partial charge is 0.302 e. The number of imidazole rings is 1. The van der Waals surface area contributed by atoms with Crippen LogP contribution in [-0.4, -0.2) is 9.38 Å². The van der Waals surface area contributed by atoms with Crippen molar-refractivity contribution in [2.75, 3.05) is 0 Å². The molecule has 2 heterocycles. The zero-order valence-electron chi connectivity index (χ0n) is 7.66. The molecule has 0 unspecified atom stereocenters. The van der Waals surface area contributed by atoms with Crippen LogP contribution < -0.4 is 0 Å². The number of aromatic nitrogens is 2. The SMILES string of the molecule is Cc1cc(Br)cn2c(CC#N)cnc12. The Kier molecular flexibility index (Phi) is 2.26. The van der Waals surface area contributed by atoms with Crippen LogP contribution in [0.15, 0.2) is 22.9 Å². The minimum absolute atomic E-state index is 0.386. The molecule has 0 N–H and O–H groups in total. The van der Waals surface area contributed by atoms with Gasteiger partial charge >= 0.3 is 0 Å². The molecule has 0 radical (unpaired) electrons. The van der Waals surface area contributed by atoms with Gasteiger partial charge in [-0.15, -0.1) is 0 Å². The molecule has 2 aromatic heterocycles. The Labute approximate surface area is 90.1 Å². The summed E-state index contributed by atoms with van der Waals surface area (Å²) in [6.07, 6.45) is 4.07. The number of pyridine rings is 1. The molecule has 0 fully saturated rings. The molecule has 0 spiro atoms. The Morgan fingerprint density at radius 1 is 1.64 bits per heavy atom.